The van der Waals surface area contributed by atoms with Crippen molar-refractivity contribution in [2.24, 2.45) is 17.3 Å². The van der Waals surface area contributed by atoms with Crippen molar-refractivity contribution in [3.8, 4) is 0 Å². The molecule has 144 valence electrons. The Morgan fingerprint density at radius 2 is 1.68 bits per heavy atom. The average molecular weight is 372 g/mol. The standard InChI is InChI=1S/C19H33N3O2.ClH/c23-17(12-15-6-2-1-3-7-15)21-10-11-22-18(24)19-9-5-4-8-16(19)13-20-14-19;/h15-16,20H,1-14H2,(H,21,23)(H,22,24);1H/t16-,19+;/m0./s1. The first kappa shape index (κ1) is 20.5. The maximum absolute atomic E-state index is 12.7. The van der Waals surface area contributed by atoms with Gasteiger partial charge in [-0.1, -0.05) is 32.1 Å². The summed E-state index contributed by atoms with van der Waals surface area (Å²) in [4.78, 5) is 24.7. The minimum absolute atomic E-state index is 0. The van der Waals surface area contributed by atoms with E-state index >= 15 is 0 Å². The second-order valence-corrected chi connectivity index (χ2v) is 8.04. The third-order valence-electron chi connectivity index (χ3n) is 6.42. The molecule has 2 aliphatic carbocycles. The molecule has 5 nitrogen and oxygen atoms in total. The molecule has 25 heavy (non-hydrogen) atoms. The lowest BCUT2D eigenvalue weighted by molar-refractivity contribution is -0.134. The van der Waals surface area contributed by atoms with Crippen molar-refractivity contribution in [3.63, 3.8) is 0 Å². The number of amides is 2. The molecule has 3 rings (SSSR count). The van der Waals surface area contributed by atoms with Crippen molar-refractivity contribution in [2.75, 3.05) is 26.2 Å². The van der Waals surface area contributed by atoms with Crippen LogP contribution in [-0.4, -0.2) is 38.0 Å². The first-order valence-corrected chi connectivity index (χ1v) is 9.96. The van der Waals surface area contributed by atoms with Crippen molar-refractivity contribution < 1.29 is 9.59 Å². The van der Waals surface area contributed by atoms with Crippen LogP contribution in [0.25, 0.3) is 0 Å². The number of rotatable bonds is 6. The summed E-state index contributed by atoms with van der Waals surface area (Å²) in [6.45, 7) is 2.89. The quantitative estimate of drug-likeness (QED) is 0.628. The Kier molecular flexibility index (Phi) is 8.01. The summed E-state index contributed by atoms with van der Waals surface area (Å²) < 4.78 is 0. The van der Waals surface area contributed by atoms with Crippen molar-refractivity contribution in [2.45, 2.75) is 64.2 Å². The molecule has 3 fully saturated rings. The Morgan fingerprint density at radius 1 is 0.960 bits per heavy atom. The van der Waals surface area contributed by atoms with Crippen LogP contribution < -0.4 is 16.0 Å². The average Bonchev–Trinajstić information content (AvgIpc) is 3.04. The maximum atomic E-state index is 12.7. The van der Waals surface area contributed by atoms with Crippen molar-refractivity contribution in [1.29, 1.82) is 0 Å². The third-order valence-corrected chi connectivity index (χ3v) is 6.42. The van der Waals surface area contributed by atoms with Crippen LogP contribution in [0.2, 0.25) is 0 Å². The number of hydrogen-bond donors (Lipinski definition) is 3. The molecule has 0 aromatic rings. The van der Waals surface area contributed by atoms with Gasteiger partial charge in [-0.25, -0.2) is 0 Å². The predicted octanol–water partition coefficient (Wildman–Crippen LogP) is 2.39. The van der Waals surface area contributed by atoms with Gasteiger partial charge in [-0.3, -0.25) is 9.59 Å². The number of halogens is 1. The first-order chi connectivity index (χ1) is 11.7. The highest BCUT2D eigenvalue weighted by molar-refractivity contribution is 5.85. The van der Waals surface area contributed by atoms with Gasteiger partial charge in [-0.2, -0.15) is 0 Å². The maximum Gasteiger partial charge on any atom is 0.227 e. The molecule has 0 spiro atoms. The molecule has 1 aliphatic heterocycles. The monoisotopic (exact) mass is 371 g/mol. The summed E-state index contributed by atoms with van der Waals surface area (Å²) >= 11 is 0. The van der Waals surface area contributed by atoms with E-state index in [-0.39, 0.29) is 29.6 Å². The Labute approximate surface area is 157 Å². The zero-order valence-corrected chi connectivity index (χ0v) is 16.1. The third kappa shape index (κ3) is 5.10. The number of carbonyl (C=O) groups is 2. The van der Waals surface area contributed by atoms with E-state index in [1.165, 1.54) is 44.9 Å². The molecule has 2 amide bonds. The molecule has 0 unspecified atom stereocenters. The summed E-state index contributed by atoms with van der Waals surface area (Å²) in [7, 11) is 0. The van der Waals surface area contributed by atoms with E-state index in [0.29, 0.717) is 31.3 Å². The fourth-order valence-corrected chi connectivity index (χ4v) is 4.97. The lowest BCUT2D eigenvalue weighted by Crippen LogP contribution is -2.49. The minimum Gasteiger partial charge on any atom is -0.354 e. The smallest absolute Gasteiger partial charge is 0.227 e. The van der Waals surface area contributed by atoms with Gasteiger partial charge >= 0.3 is 0 Å². The van der Waals surface area contributed by atoms with Gasteiger partial charge in [0.05, 0.1) is 5.41 Å². The Balaban J connectivity index is 0.00000225. The van der Waals surface area contributed by atoms with Crippen LogP contribution in [0.5, 0.6) is 0 Å². The van der Waals surface area contributed by atoms with Crippen LogP contribution in [0.15, 0.2) is 0 Å². The van der Waals surface area contributed by atoms with E-state index in [0.717, 1.165) is 25.9 Å². The van der Waals surface area contributed by atoms with Crippen molar-refractivity contribution in [1.82, 2.24) is 16.0 Å². The van der Waals surface area contributed by atoms with E-state index in [1.807, 2.05) is 0 Å². The molecule has 3 aliphatic rings. The summed E-state index contributed by atoms with van der Waals surface area (Å²) in [5.74, 6) is 1.40. The second kappa shape index (κ2) is 9.77. The normalized spacial score (nSPS) is 29.4. The molecule has 2 saturated carbocycles. The lowest BCUT2D eigenvalue weighted by atomic mass is 9.67. The van der Waals surface area contributed by atoms with Crippen LogP contribution in [0.4, 0.5) is 0 Å². The molecule has 6 heteroatoms. The van der Waals surface area contributed by atoms with Gasteiger partial charge in [0.25, 0.3) is 0 Å². The predicted molar refractivity (Wildman–Crippen MR) is 102 cm³/mol. The van der Waals surface area contributed by atoms with Gasteiger partial charge < -0.3 is 16.0 Å². The highest BCUT2D eigenvalue weighted by atomic mass is 35.5. The number of carbonyl (C=O) groups excluding carboxylic acids is 2. The molecule has 1 heterocycles. The molecule has 0 aromatic heterocycles. The number of fused-ring (bicyclic) bond motifs is 1. The number of nitrogens with one attached hydrogen (secondary N) is 3. The molecule has 3 N–H and O–H groups in total. The van der Waals surface area contributed by atoms with Crippen molar-refractivity contribution >= 4 is 24.2 Å². The summed E-state index contributed by atoms with van der Waals surface area (Å²) in [5.41, 5.74) is -0.190. The van der Waals surface area contributed by atoms with Gasteiger partial charge in [0.1, 0.15) is 0 Å². The first-order valence-electron chi connectivity index (χ1n) is 9.96. The van der Waals surface area contributed by atoms with Crippen LogP contribution in [0.1, 0.15) is 64.2 Å². The van der Waals surface area contributed by atoms with E-state index in [1.54, 1.807) is 0 Å². The zero-order chi connectivity index (χ0) is 16.8. The topological polar surface area (TPSA) is 70.2 Å². The van der Waals surface area contributed by atoms with Crippen molar-refractivity contribution in [3.05, 3.63) is 0 Å². The zero-order valence-electron chi connectivity index (χ0n) is 15.3. The second-order valence-electron chi connectivity index (χ2n) is 8.04. The van der Waals surface area contributed by atoms with Gasteiger partial charge in [-0.15, -0.1) is 12.4 Å². The number of hydrogen-bond acceptors (Lipinski definition) is 3. The highest BCUT2D eigenvalue weighted by Crippen LogP contribution is 2.43. The van der Waals surface area contributed by atoms with E-state index < -0.39 is 0 Å². The Bertz CT molecular complexity index is 454. The lowest BCUT2D eigenvalue weighted by Gasteiger charge is -2.37. The van der Waals surface area contributed by atoms with Crippen LogP contribution in [0.3, 0.4) is 0 Å². The Hall–Kier alpha value is -0.810. The van der Waals surface area contributed by atoms with Gasteiger partial charge in [0, 0.05) is 26.1 Å². The van der Waals surface area contributed by atoms with E-state index in [9.17, 15) is 9.59 Å². The van der Waals surface area contributed by atoms with E-state index in [4.69, 9.17) is 0 Å². The van der Waals surface area contributed by atoms with E-state index in [2.05, 4.69) is 16.0 Å². The van der Waals surface area contributed by atoms with Gasteiger partial charge in [0.2, 0.25) is 11.8 Å². The molecule has 0 aromatic carbocycles. The van der Waals surface area contributed by atoms with Gasteiger partial charge in [-0.05, 0) is 44.1 Å². The van der Waals surface area contributed by atoms with Crippen LogP contribution in [-0.2, 0) is 9.59 Å². The molecule has 0 bridgehead atoms. The fourth-order valence-electron chi connectivity index (χ4n) is 4.97. The summed E-state index contributed by atoms with van der Waals surface area (Å²) in [6.07, 6.45) is 11.5. The molecule has 0 radical (unpaired) electrons. The summed E-state index contributed by atoms with van der Waals surface area (Å²) in [6, 6.07) is 0. The fraction of sp³-hybridized carbons (Fsp3) is 0.895. The van der Waals surface area contributed by atoms with Crippen LogP contribution in [0, 0.1) is 17.3 Å². The largest absolute Gasteiger partial charge is 0.354 e. The molecule has 2 atom stereocenters. The minimum atomic E-state index is -0.190. The Morgan fingerprint density at radius 3 is 2.48 bits per heavy atom. The molecular formula is C19H34ClN3O2. The summed E-state index contributed by atoms with van der Waals surface area (Å²) in [5, 5.41) is 9.47. The van der Waals surface area contributed by atoms with Crippen LogP contribution >= 0.6 is 12.4 Å². The highest BCUT2D eigenvalue weighted by Gasteiger charge is 2.49. The molecular weight excluding hydrogens is 338 g/mol. The van der Waals surface area contributed by atoms with Gasteiger partial charge in [0.15, 0.2) is 0 Å². The molecule has 1 saturated heterocycles. The SMILES string of the molecule is Cl.O=C(CC1CCCCC1)NCCNC(=O)[C@@]12CCCC[C@H]1CNC2.